The minimum atomic E-state index is -0.00728. The van der Waals surface area contributed by atoms with Crippen molar-refractivity contribution in [2.75, 3.05) is 18.5 Å². The van der Waals surface area contributed by atoms with E-state index in [1.165, 1.54) is 11.3 Å². The Bertz CT molecular complexity index is 645. The highest BCUT2D eigenvalue weighted by Crippen LogP contribution is 2.23. The Hall–Kier alpha value is -1.83. The minimum Gasteiger partial charge on any atom is -0.366 e. The Labute approximate surface area is 120 Å². The Kier molecular flexibility index (Phi) is 4.20. The average Bonchev–Trinajstić information content (AvgIpc) is 2.85. The lowest BCUT2D eigenvalue weighted by molar-refractivity contribution is 0.100. The first-order valence-corrected chi connectivity index (χ1v) is 6.80. The number of para-hydroxylation sites is 1. The fourth-order valence-corrected chi connectivity index (χ4v) is 2.72. The fraction of sp³-hybridized carbons (Fsp3) is 0.143. The second kappa shape index (κ2) is 5.87. The molecule has 5 heteroatoms. The van der Waals surface area contributed by atoms with Crippen molar-refractivity contribution in [3.8, 4) is 6.07 Å². The van der Waals surface area contributed by atoms with Crippen LogP contribution in [0.5, 0.6) is 0 Å². The van der Waals surface area contributed by atoms with Crippen molar-refractivity contribution < 1.29 is 4.79 Å². The van der Waals surface area contributed by atoms with Gasteiger partial charge < -0.3 is 4.90 Å². The van der Waals surface area contributed by atoms with E-state index in [0.29, 0.717) is 14.8 Å². The summed E-state index contributed by atoms with van der Waals surface area (Å²) in [6, 6.07) is 12.8. The summed E-state index contributed by atoms with van der Waals surface area (Å²) >= 11 is 7.08. The number of thiophene rings is 1. The van der Waals surface area contributed by atoms with Crippen LogP contribution in [0.4, 0.5) is 5.69 Å². The average molecular weight is 291 g/mol. The number of Topliss-reactive ketones (excluding diaryl/α,β-unsaturated/α-hetero) is 1. The molecule has 0 atom stereocenters. The minimum absolute atomic E-state index is 0.00728. The summed E-state index contributed by atoms with van der Waals surface area (Å²) in [4.78, 5) is 14.5. The maximum atomic E-state index is 12.1. The molecule has 0 fully saturated rings. The van der Waals surface area contributed by atoms with Gasteiger partial charge in [-0.3, -0.25) is 4.79 Å². The van der Waals surface area contributed by atoms with Gasteiger partial charge in [-0.15, -0.1) is 11.3 Å². The largest absolute Gasteiger partial charge is 0.366 e. The van der Waals surface area contributed by atoms with Gasteiger partial charge in [-0.25, -0.2) is 0 Å². The fourth-order valence-electron chi connectivity index (χ4n) is 1.74. The molecular weight excluding hydrogens is 280 g/mol. The van der Waals surface area contributed by atoms with Gasteiger partial charge in [-0.2, -0.15) is 5.26 Å². The molecule has 0 radical (unpaired) electrons. The number of halogens is 1. The molecule has 0 unspecified atom stereocenters. The van der Waals surface area contributed by atoms with Gasteiger partial charge in [-0.05, 0) is 24.3 Å². The topological polar surface area (TPSA) is 44.1 Å². The normalized spacial score (nSPS) is 9.95. The molecule has 0 spiro atoms. The number of ketones is 1. The number of likely N-dealkylation sites (N-methyl/N-ethyl adjacent to an activating group) is 1. The number of carbonyl (C=O) groups is 1. The van der Waals surface area contributed by atoms with Crippen LogP contribution in [0.1, 0.15) is 15.2 Å². The van der Waals surface area contributed by atoms with Crippen LogP contribution in [0.3, 0.4) is 0 Å². The van der Waals surface area contributed by atoms with Crippen LogP contribution in [0.25, 0.3) is 0 Å². The molecule has 1 aromatic carbocycles. The molecule has 19 heavy (non-hydrogen) atoms. The molecule has 0 bridgehead atoms. The summed E-state index contributed by atoms with van der Waals surface area (Å²) in [5, 5.41) is 9.04. The zero-order valence-corrected chi connectivity index (χ0v) is 11.8. The molecule has 0 aliphatic heterocycles. The quantitative estimate of drug-likeness (QED) is 0.808. The predicted octanol–water partition coefficient (Wildman–Crippen LogP) is 3.59. The lowest BCUT2D eigenvalue weighted by Crippen LogP contribution is -2.25. The molecule has 1 heterocycles. The Morgan fingerprint density at radius 1 is 1.37 bits per heavy atom. The number of hydrogen-bond acceptors (Lipinski definition) is 4. The Morgan fingerprint density at radius 2 is 2.11 bits per heavy atom. The first-order chi connectivity index (χ1) is 9.11. The molecule has 0 aliphatic carbocycles. The summed E-state index contributed by atoms with van der Waals surface area (Å²) in [5.74, 6) is -0.00728. The molecular formula is C14H11ClN2OS. The highest BCUT2D eigenvalue weighted by atomic mass is 35.5. The van der Waals surface area contributed by atoms with Crippen molar-refractivity contribution in [1.82, 2.24) is 0 Å². The third-order valence-corrected chi connectivity index (χ3v) is 3.94. The molecule has 96 valence electrons. The smallest absolute Gasteiger partial charge is 0.192 e. The zero-order valence-electron chi connectivity index (χ0n) is 10.3. The van der Waals surface area contributed by atoms with Crippen molar-refractivity contribution in [1.29, 1.82) is 5.26 Å². The first kappa shape index (κ1) is 13.6. The standard InChI is InChI=1S/C14H11ClN2OS/c1-17(11-5-3-2-4-10(11)8-16)9-12(18)13-6-7-14(15)19-13/h2-7H,9H2,1H3. The van der Waals surface area contributed by atoms with Gasteiger partial charge in [0.2, 0.25) is 0 Å². The van der Waals surface area contributed by atoms with Gasteiger partial charge in [0.15, 0.2) is 5.78 Å². The van der Waals surface area contributed by atoms with Gasteiger partial charge >= 0.3 is 0 Å². The number of benzene rings is 1. The second-order valence-corrected chi connectivity index (χ2v) is 5.73. The van der Waals surface area contributed by atoms with Crippen LogP contribution in [0.2, 0.25) is 4.34 Å². The molecule has 3 nitrogen and oxygen atoms in total. The van der Waals surface area contributed by atoms with Gasteiger partial charge in [-0.1, -0.05) is 23.7 Å². The Balaban J connectivity index is 2.15. The van der Waals surface area contributed by atoms with Crippen LogP contribution in [0, 0.1) is 11.3 Å². The molecule has 1 aromatic heterocycles. The van der Waals surface area contributed by atoms with Crippen LogP contribution < -0.4 is 4.90 Å². The van der Waals surface area contributed by atoms with E-state index in [0.717, 1.165) is 5.69 Å². The monoisotopic (exact) mass is 290 g/mol. The van der Waals surface area contributed by atoms with Crippen LogP contribution >= 0.6 is 22.9 Å². The van der Waals surface area contributed by atoms with E-state index in [1.54, 1.807) is 36.2 Å². The van der Waals surface area contributed by atoms with Crippen molar-refractivity contribution >= 4 is 34.4 Å². The molecule has 0 N–H and O–H groups in total. The van der Waals surface area contributed by atoms with Crippen molar-refractivity contribution in [2.45, 2.75) is 0 Å². The first-order valence-electron chi connectivity index (χ1n) is 5.60. The molecule has 0 aliphatic rings. The van der Waals surface area contributed by atoms with Crippen molar-refractivity contribution in [2.24, 2.45) is 0 Å². The van der Waals surface area contributed by atoms with E-state index in [9.17, 15) is 4.79 Å². The van der Waals surface area contributed by atoms with E-state index >= 15 is 0 Å². The summed E-state index contributed by atoms with van der Waals surface area (Å²) in [7, 11) is 1.79. The van der Waals surface area contributed by atoms with Gasteiger partial charge in [0, 0.05) is 7.05 Å². The predicted molar refractivity (Wildman–Crippen MR) is 78.1 cm³/mol. The molecule has 0 saturated heterocycles. The molecule has 0 amide bonds. The maximum Gasteiger partial charge on any atom is 0.192 e. The van der Waals surface area contributed by atoms with Gasteiger partial charge in [0.1, 0.15) is 6.07 Å². The number of nitrogens with zero attached hydrogens (tertiary/aromatic N) is 2. The Morgan fingerprint density at radius 3 is 2.74 bits per heavy atom. The highest BCUT2D eigenvalue weighted by molar-refractivity contribution is 7.18. The number of anilines is 1. The molecule has 2 aromatic rings. The number of nitriles is 1. The summed E-state index contributed by atoms with van der Waals surface area (Å²) in [6.45, 7) is 0.218. The summed E-state index contributed by atoms with van der Waals surface area (Å²) in [6.07, 6.45) is 0. The third-order valence-electron chi connectivity index (χ3n) is 2.66. The van der Waals surface area contributed by atoms with Crippen molar-refractivity contribution in [3.05, 3.63) is 51.2 Å². The zero-order chi connectivity index (χ0) is 13.8. The van der Waals surface area contributed by atoms with E-state index in [1.807, 2.05) is 12.1 Å². The summed E-state index contributed by atoms with van der Waals surface area (Å²) in [5.41, 5.74) is 1.31. The SMILES string of the molecule is CN(CC(=O)c1ccc(Cl)s1)c1ccccc1C#N. The van der Waals surface area contributed by atoms with E-state index in [2.05, 4.69) is 6.07 Å². The lowest BCUT2D eigenvalue weighted by atomic mass is 10.1. The second-order valence-electron chi connectivity index (χ2n) is 4.01. The van der Waals surface area contributed by atoms with Crippen LogP contribution in [-0.2, 0) is 0 Å². The van der Waals surface area contributed by atoms with Crippen molar-refractivity contribution in [3.63, 3.8) is 0 Å². The number of carbonyl (C=O) groups excluding carboxylic acids is 1. The number of hydrogen-bond donors (Lipinski definition) is 0. The van der Waals surface area contributed by atoms with Crippen LogP contribution in [0.15, 0.2) is 36.4 Å². The van der Waals surface area contributed by atoms with Gasteiger partial charge in [0.25, 0.3) is 0 Å². The van der Waals surface area contributed by atoms with E-state index < -0.39 is 0 Å². The summed E-state index contributed by atoms with van der Waals surface area (Å²) < 4.78 is 0.600. The molecule has 2 rings (SSSR count). The van der Waals surface area contributed by atoms with Crippen LogP contribution in [-0.4, -0.2) is 19.4 Å². The molecule has 0 saturated carbocycles. The van der Waals surface area contributed by atoms with E-state index in [4.69, 9.17) is 16.9 Å². The lowest BCUT2D eigenvalue weighted by Gasteiger charge is -2.19. The van der Waals surface area contributed by atoms with E-state index in [-0.39, 0.29) is 12.3 Å². The van der Waals surface area contributed by atoms with Gasteiger partial charge in [0.05, 0.1) is 27.0 Å². The number of rotatable bonds is 4. The highest BCUT2D eigenvalue weighted by Gasteiger charge is 2.14. The third kappa shape index (κ3) is 3.14. The maximum absolute atomic E-state index is 12.1.